The van der Waals surface area contributed by atoms with Gasteiger partial charge in [-0.15, -0.1) is 0 Å². The van der Waals surface area contributed by atoms with Crippen LogP contribution in [0.25, 0.3) is 11.0 Å². The zero-order valence-corrected chi connectivity index (χ0v) is 16.1. The summed E-state index contributed by atoms with van der Waals surface area (Å²) in [6, 6.07) is 19.0. The summed E-state index contributed by atoms with van der Waals surface area (Å²) in [4.78, 5) is 19.5. The second-order valence-electron chi connectivity index (χ2n) is 7.51. The molecule has 27 heavy (non-hydrogen) atoms. The molecular weight excluding hydrogens is 334 g/mol. The number of hydrogen-bond acceptors (Lipinski definition) is 2. The van der Waals surface area contributed by atoms with Gasteiger partial charge in [0.05, 0.1) is 17.1 Å². The standard InChI is InChI=1S/C23H27N3O/c1-3-4-14-25-16-19(15-22(25)27)23-24-20-12-8-9-13-21(20)26(23)17(2)18-10-6-5-7-11-18/h5-13,17,19H,3-4,14-16H2,1-2H3/t17-,19+/m1/s1. The number of rotatable bonds is 6. The van der Waals surface area contributed by atoms with E-state index in [2.05, 4.69) is 60.9 Å². The predicted octanol–water partition coefficient (Wildman–Crippen LogP) is 4.76. The molecule has 4 rings (SSSR count). The van der Waals surface area contributed by atoms with E-state index < -0.39 is 0 Å². The van der Waals surface area contributed by atoms with E-state index in [1.807, 2.05) is 17.0 Å². The number of unbranched alkanes of at least 4 members (excludes halogenated alkanes) is 1. The minimum Gasteiger partial charge on any atom is -0.342 e. The normalized spacial score (nSPS) is 18.4. The third kappa shape index (κ3) is 3.36. The number of carbonyl (C=O) groups is 1. The second-order valence-corrected chi connectivity index (χ2v) is 7.51. The van der Waals surface area contributed by atoms with E-state index in [4.69, 9.17) is 4.98 Å². The van der Waals surface area contributed by atoms with Crippen molar-refractivity contribution in [3.05, 3.63) is 66.0 Å². The molecule has 0 unspecified atom stereocenters. The quantitative estimate of drug-likeness (QED) is 0.635. The first-order valence-corrected chi connectivity index (χ1v) is 9.98. The third-order valence-corrected chi connectivity index (χ3v) is 5.65. The molecule has 1 aliphatic rings. The van der Waals surface area contributed by atoms with Crippen molar-refractivity contribution in [2.75, 3.05) is 13.1 Å². The van der Waals surface area contributed by atoms with Crippen molar-refractivity contribution in [2.45, 2.75) is 45.1 Å². The molecule has 2 heterocycles. The van der Waals surface area contributed by atoms with Gasteiger partial charge in [0.2, 0.25) is 5.91 Å². The van der Waals surface area contributed by atoms with E-state index in [0.717, 1.165) is 42.8 Å². The van der Waals surface area contributed by atoms with Crippen LogP contribution >= 0.6 is 0 Å². The molecule has 2 aromatic carbocycles. The van der Waals surface area contributed by atoms with Crippen LogP contribution < -0.4 is 0 Å². The lowest BCUT2D eigenvalue weighted by Gasteiger charge is -2.21. The van der Waals surface area contributed by atoms with E-state index in [-0.39, 0.29) is 17.9 Å². The molecule has 1 aliphatic heterocycles. The van der Waals surface area contributed by atoms with Crippen LogP contribution in [0.2, 0.25) is 0 Å². The summed E-state index contributed by atoms with van der Waals surface area (Å²) in [5.74, 6) is 1.47. The monoisotopic (exact) mass is 361 g/mol. The van der Waals surface area contributed by atoms with Crippen molar-refractivity contribution in [3.63, 3.8) is 0 Å². The van der Waals surface area contributed by atoms with Gasteiger partial charge in [-0.1, -0.05) is 55.8 Å². The molecule has 0 aliphatic carbocycles. The minimum absolute atomic E-state index is 0.160. The van der Waals surface area contributed by atoms with Gasteiger partial charge >= 0.3 is 0 Å². The van der Waals surface area contributed by atoms with Gasteiger partial charge < -0.3 is 9.47 Å². The number of fused-ring (bicyclic) bond motifs is 1. The number of para-hydroxylation sites is 2. The fraction of sp³-hybridized carbons (Fsp3) is 0.391. The van der Waals surface area contributed by atoms with E-state index >= 15 is 0 Å². The number of benzene rings is 2. The van der Waals surface area contributed by atoms with E-state index in [0.29, 0.717) is 6.42 Å². The van der Waals surface area contributed by atoms with Crippen LogP contribution in [-0.2, 0) is 4.79 Å². The molecule has 2 atom stereocenters. The maximum Gasteiger partial charge on any atom is 0.223 e. The maximum absolute atomic E-state index is 12.5. The molecule has 0 spiro atoms. The van der Waals surface area contributed by atoms with Gasteiger partial charge in [-0.2, -0.15) is 0 Å². The average Bonchev–Trinajstić information content (AvgIpc) is 3.27. The van der Waals surface area contributed by atoms with Crippen molar-refractivity contribution in [3.8, 4) is 0 Å². The molecule has 0 radical (unpaired) electrons. The van der Waals surface area contributed by atoms with Gasteiger partial charge in [0, 0.05) is 25.4 Å². The highest BCUT2D eigenvalue weighted by molar-refractivity contribution is 5.81. The summed E-state index contributed by atoms with van der Waals surface area (Å²) in [5, 5.41) is 0. The summed E-state index contributed by atoms with van der Waals surface area (Å²) < 4.78 is 2.34. The highest BCUT2D eigenvalue weighted by Gasteiger charge is 2.34. The van der Waals surface area contributed by atoms with Crippen LogP contribution in [0.3, 0.4) is 0 Å². The Hall–Kier alpha value is -2.62. The van der Waals surface area contributed by atoms with Crippen LogP contribution in [0.15, 0.2) is 54.6 Å². The summed E-state index contributed by atoms with van der Waals surface area (Å²) in [5.41, 5.74) is 3.41. The lowest BCUT2D eigenvalue weighted by atomic mass is 10.0. The Kier molecular flexibility index (Phi) is 4.97. The van der Waals surface area contributed by atoms with Crippen LogP contribution in [0.5, 0.6) is 0 Å². The topological polar surface area (TPSA) is 38.1 Å². The molecule has 0 saturated carbocycles. The second kappa shape index (κ2) is 7.55. The average molecular weight is 361 g/mol. The SMILES string of the molecule is CCCCN1C[C@@H](c2nc3ccccc3n2[C@H](C)c2ccccc2)CC1=O. The number of hydrogen-bond donors (Lipinski definition) is 0. The van der Waals surface area contributed by atoms with Gasteiger partial charge in [-0.3, -0.25) is 4.79 Å². The smallest absolute Gasteiger partial charge is 0.223 e. The van der Waals surface area contributed by atoms with Crippen molar-refractivity contribution >= 4 is 16.9 Å². The first-order chi connectivity index (χ1) is 13.2. The Morgan fingerprint density at radius 2 is 1.85 bits per heavy atom. The molecule has 3 aromatic rings. The van der Waals surface area contributed by atoms with Gasteiger partial charge in [0.15, 0.2) is 0 Å². The number of imidazole rings is 1. The van der Waals surface area contributed by atoms with Crippen molar-refractivity contribution in [1.82, 2.24) is 14.5 Å². The molecule has 1 amide bonds. The summed E-state index contributed by atoms with van der Waals surface area (Å²) in [7, 11) is 0. The van der Waals surface area contributed by atoms with Gasteiger partial charge in [0.25, 0.3) is 0 Å². The largest absolute Gasteiger partial charge is 0.342 e. The number of carbonyl (C=O) groups excluding carboxylic acids is 1. The van der Waals surface area contributed by atoms with Gasteiger partial charge in [-0.25, -0.2) is 4.98 Å². The molecule has 1 aromatic heterocycles. The Balaban J connectivity index is 1.74. The molecule has 140 valence electrons. The van der Waals surface area contributed by atoms with E-state index in [9.17, 15) is 4.79 Å². The fourth-order valence-corrected chi connectivity index (χ4v) is 4.15. The van der Waals surface area contributed by atoms with Crippen molar-refractivity contribution in [1.29, 1.82) is 0 Å². The first-order valence-electron chi connectivity index (χ1n) is 9.98. The predicted molar refractivity (Wildman–Crippen MR) is 109 cm³/mol. The molecule has 4 heteroatoms. The van der Waals surface area contributed by atoms with Crippen molar-refractivity contribution < 1.29 is 4.79 Å². The molecular formula is C23H27N3O. The van der Waals surface area contributed by atoms with Crippen LogP contribution in [0.4, 0.5) is 0 Å². The molecule has 1 saturated heterocycles. The third-order valence-electron chi connectivity index (χ3n) is 5.65. The summed E-state index contributed by atoms with van der Waals surface area (Å²) in [6.45, 7) is 6.03. The number of nitrogens with zero attached hydrogens (tertiary/aromatic N) is 3. The lowest BCUT2D eigenvalue weighted by Crippen LogP contribution is -2.26. The highest BCUT2D eigenvalue weighted by Crippen LogP contribution is 2.34. The van der Waals surface area contributed by atoms with E-state index in [1.54, 1.807) is 0 Å². The summed E-state index contributed by atoms with van der Waals surface area (Å²) in [6.07, 6.45) is 2.74. The van der Waals surface area contributed by atoms with Crippen LogP contribution in [0.1, 0.15) is 56.5 Å². The van der Waals surface area contributed by atoms with Gasteiger partial charge in [-0.05, 0) is 31.0 Å². The van der Waals surface area contributed by atoms with Crippen molar-refractivity contribution in [2.24, 2.45) is 0 Å². The van der Waals surface area contributed by atoms with Crippen LogP contribution in [-0.4, -0.2) is 33.4 Å². The fourth-order valence-electron chi connectivity index (χ4n) is 4.15. The highest BCUT2D eigenvalue weighted by atomic mass is 16.2. The van der Waals surface area contributed by atoms with E-state index in [1.165, 1.54) is 5.56 Å². The zero-order valence-electron chi connectivity index (χ0n) is 16.1. The Morgan fingerprint density at radius 3 is 2.63 bits per heavy atom. The maximum atomic E-state index is 12.5. The molecule has 4 nitrogen and oxygen atoms in total. The Bertz CT molecular complexity index is 931. The Labute approximate surface area is 160 Å². The lowest BCUT2D eigenvalue weighted by molar-refractivity contribution is -0.127. The number of likely N-dealkylation sites (tertiary alicyclic amines) is 1. The minimum atomic E-state index is 0.160. The van der Waals surface area contributed by atoms with Gasteiger partial charge in [0.1, 0.15) is 5.82 Å². The Morgan fingerprint density at radius 1 is 1.11 bits per heavy atom. The molecule has 0 bridgehead atoms. The van der Waals surface area contributed by atoms with Crippen LogP contribution in [0, 0.1) is 0 Å². The molecule has 0 N–H and O–H groups in total. The zero-order chi connectivity index (χ0) is 18.8. The number of amides is 1. The summed E-state index contributed by atoms with van der Waals surface area (Å²) >= 11 is 0. The molecule has 1 fully saturated rings. The number of aromatic nitrogens is 2. The first kappa shape index (κ1) is 17.8.